The first kappa shape index (κ1) is 14.8. The van der Waals surface area contributed by atoms with Crippen molar-refractivity contribution in [1.29, 1.82) is 0 Å². The summed E-state index contributed by atoms with van der Waals surface area (Å²) in [6.45, 7) is 4.29. The Kier molecular flexibility index (Phi) is 4.22. The SMILES string of the molecule is CCCc1nc(N)nc(N[C@@H]2CCc3ccc(CC)cc32)n1. The first-order valence-electron chi connectivity index (χ1n) is 8.08. The second kappa shape index (κ2) is 6.30. The monoisotopic (exact) mass is 297 g/mol. The van der Waals surface area contributed by atoms with E-state index >= 15 is 0 Å². The summed E-state index contributed by atoms with van der Waals surface area (Å²) in [5.41, 5.74) is 9.96. The minimum absolute atomic E-state index is 0.262. The number of nitrogens with one attached hydrogen (secondary N) is 1. The number of aromatic nitrogens is 3. The lowest BCUT2D eigenvalue weighted by atomic mass is 10.0. The third-order valence-corrected chi connectivity index (χ3v) is 4.17. The molecule has 1 aromatic heterocycles. The van der Waals surface area contributed by atoms with Crippen molar-refractivity contribution in [3.05, 3.63) is 40.7 Å². The fourth-order valence-corrected chi connectivity index (χ4v) is 3.02. The molecule has 5 nitrogen and oxygen atoms in total. The molecule has 3 N–H and O–H groups in total. The van der Waals surface area contributed by atoms with Crippen LogP contribution in [-0.4, -0.2) is 15.0 Å². The molecule has 5 heteroatoms. The van der Waals surface area contributed by atoms with Gasteiger partial charge in [0.1, 0.15) is 5.82 Å². The Morgan fingerprint density at radius 1 is 1.23 bits per heavy atom. The lowest BCUT2D eigenvalue weighted by Gasteiger charge is -2.15. The van der Waals surface area contributed by atoms with Crippen molar-refractivity contribution in [2.75, 3.05) is 11.1 Å². The Balaban J connectivity index is 1.83. The summed E-state index contributed by atoms with van der Waals surface area (Å²) in [4.78, 5) is 12.9. The number of hydrogen-bond donors (Lipinski definition) is 2. The average molecular weight is 297 g/mol. The molecule has 3 rings (SSSR count). The van der Waals surface area contributed by atoms with Gasteiger partial charge in [0.05, 0.1) is 6.04 Å². The molecule has 0 spiro atoms. The van der Waals surface area contributed by atoms with Crippen molar-refractivity contribution in [2.24, 2.45) is 0 Å². The van der Waals surface area contributed by atoms with Crippen LogP contribution >= 0.6 is 0 Å². The predicted molar refractivity (Wildman–Crippen MR) is 88.7 cm³/mol. The van der Waals surface area contributed by atoms with Crippen LogP contribution in [0.2, 0.25) is 0 Å². The van der Waals surface area contributed by atoms with E-state index in [0.29, 0.717) is 11.9 Å². The van der Waals surface area contributed by atoms with E-state index in [2.05, 4.69) is 52.3 Å². The van der Waals surface area contributed by atoms with Crippen molar-refractivity contribution in [1.82, 2.24) is 15.0 Å². The van der Waals surface area contributed by atoms with Gasteiger partial charge in [-0.3, -0.25) is 0 Å². The smallest absolute Gasteiger partial charge is 0.228 e. The number of benzene rings is 1. The molecule has 116 valence electrons. The van der Waals surface area contributed by atoms with Gasteiger partial charge in [-0.15, -0.1) is 0 Å². The van der Waals surface area contributed by atoms with E-state index in [1.54, 1.807) is 0 Å². The van der Waals surface area contributed by atoms with E-state index in [1.165, 1.54) is 16.7 Å². The maximum absolute atomic E-state index is 5.80. The van der Waals surface area contributed by atoms with Gasteiger partial charge >= 0.3 is 0 Å². The summed E-state index contributed by atoms with van der Waals surface area (Å²) in [6.07, 6.45) is 5.04. The van der Waals surface area contributed by atoms with E-state index in [9.17, 15) is 0 Å². The van der Waals surface area contributed by atoms with E-state index in [-0.39, 0.29) is 6.04 Å². The van der Waals surface area contributed by atoms with Gasteiger partial charge in [0.15, 0.2) is 0 Å². The molecule has 1 atom stereocenters. The fourth-order valence-electron chi connectivity index (χ4n) is 3.02. The summed E-state index contributed by atoms with van der Waals surface area (Å²) >= 11 is 0. The molecule has 22 heavy (non-hydrogen) atoms. The lowest BCUT2D eigenvalue weighted by Crippen LogP contribution is -2.13. The van der Waals surface area contributed by atoms with Crippen LogP contribution < -0.4 is 11.1 Å². The van der Waals surface area contributed by atoms with E-state index in [0.717, 1.165) is 37.9 Å². The highest BCUT2D eigenvalue weighted by molar-refractivity contribution is 5.43. The molecule has 1 heterocycles. The van der Waals surface area contributed by atoms with Crippen molar-refractivity contribution >= 4 is 11.9 Å². The standard InChI is InChI=1S/C17H23N5/c1-3-5-15-20-16(18)22-17(21-15)19-14-9-8-12-7-6-11(4-2)10-13(12)14/h6-7,10,14H,3-5,8-9H2,1-2H3,(H3,18,19,20,21,22)/t14-/m1/s1. The summed E-state index contributed by atoms with van der Waals surface area (Å²) in [5, 5.41) is 3.45. The van der Waals surface area contributed by atoms with Crippen molar-refractivity contribution in [3.63, 3.8) is 0 Å². The molecule has 0 radical (unpaired) electrons. The van der Waals surface area contributed by atoms with Gasteiger partial charge in [-0.1, -0.05) is 32.0 Å². The van der Waals surface area contributed by atoms with Crippen molar-refractivity contribution in [2.45, 2.75) is 52.0 Å². The number of fused-ring (bicyclic) bond motifs is 1. The van der Waals surface area contributed by atoms with Gasteiger partial charge in [0.25, 0.3) is 0 Å². The Morgan fingerprint density at radius 2 is 2.09 bits per heavy atom. The van der Waals surface area contributed by atoms with Gasteiger partial charge < -0.3 is 11.1 Å². The molecule has 1 aromatic carbocycles. The van der Waals surface area contributed by atoms with Crippen LogP contribution in [0.3, 0.4) is 0 Å². The Labute approximate surface area is 131 Å². The van der Waals surface area contributed by atoms with E-state index < -0.39 is 0 Å². The van der Waals surface area contributed by atoms with Crippen LogP contribution in [0.1, 0.15) is 55.2 Å². The zero-order valence-electron chi connectivity index (χ0n) is 13.3. The highest BCUT2D eigenvalue weighted by Crippen LogP contribution is 2.34. The van der Waals surface area contributed by atoms with Crippen molar-refractivity contribution < 1.29 is 0 Å². The number of nitrogens with zero attached hydrogens (tertiary/aromatic N) is 3. The number of rotatable bonds is 5. The molecule has 0 bridgehead atoms. The zero-order chi connectivity index (χ0) is 15.5. The molecular formula is C17H23N5. The van der Waals surface area contributed by atoms with Gasteiger partial charge in [0.2, 0.25) is 11.9 Å². The lowest BCUT2D eigenvalue weighted by molar-refractivity contribution is 0.740. The maximum atomic E-state index is 5.80. The number of hydrogen-bond acceptors (Lipinski definition) is 5. The van der Waals surface area contributed by atoms with Gasteiger partial charge in [0, 0.05) is 6.42 Å². The maximum Gasteiger partial charge on any atom is 0.228 e. The van der Waals surface area contributed by atoms with Gasteiger partial charge in [-0.25, -0.2) is 0 Å². The molecule has 0 fully saturated rings. The average Bonchev–Trinajstić information content (AvgIpc) is 2.89. The third kappa shape index (κ3) is 3.03. The topological polar surface area (TPSA) is 76.7 Å². The highest BCUT2D eigenvalue weighted by Gasteiger charge is 2.23. The second-order valence-electron chi connectivity index (χ2n) is 5.81. The highest BCUT2D eigenvalue weighted by atomic mass is 15.2. The molecule has 2 aromatic rings. The van der Waals surface area contributed by atoms with E-state index in [1.807, 2.05) is 0 Å². The Bertz CT molecular complexity index is 668. The van der Waals surface area contributed by atoms with E-state index in [4.69, 9.17) is 5.73 Å². The van der Waals surface area contributed by atoms with Crippen molar-refractivity contribution in [3.8, 4) is 0 Å². The first-order chi connectivity index (χ1) is 10.7. The third-order valence-electron chi connectivity index (χ3n) is 4.17. The van der Waals surface area contributed by atoms with Crippen LogP contribution in [-0.2, 0) is 19.3 Å². The van der Waals surface area contributed by atoms with Crippen LogP contribution in [0.4, 0.5) is 11.9 Å². The number of aryl methyl sites for hydroxylation is 3. The summed E-state index contributed by atoms with van der Waals surface area (Å²) < 4.78 is 0. The van der Waals surface area contributed by atoms with Crippen LogP contribution in [0.15, 0.2) is 18.2 Å². The molecule has 0 aliphatic heterocycles. The molecular weight excluding hydrogens is 274 g/mol. The summed E-state index contributed by atoms with van der Waals surface area (Å²) in [6, 6.07) is 7.04. The summed E-state index contributed by atoms with van der Waals surface area (Å²) in [7, 11) is 0. The molecule has 0 amide bonds. The van der Waals surface area contributed by atoms with Crippen LogP contribution in [0.25, 0.3) is 0 Å². The Hall–Kier alpha value is -2.17. The largest absolute Gasteiger partial charge is 0.368 e. The van der Waals surface area contributed by atoms with Crippen LogP contribution in [0.5, 0.6) is 0 Å². The molecule has 1 aliphatic carbocycles. The van der Waals surface area contributed by atoms with Gasteiger partial charge in [-0.2, -0.15) is 15.0 Å². The normalized spacial score (nSPS) is 16.5. The quantitative estimate of drug-likeness (QED) is 0.887. The summed E-state index contributed by atoms with van der Waals surface area (Å²) in [5.74, 6) is 1.65. The molecule has 1 aliphatic rings. The molecule has 0 unspecified atom stereocenters. The fraction of sp³-hybridized carbons (Fsp3) is 0.471. The minimum atomic E-state index is 0.262. The zero-order valence-corrected chi connectivity index (χ0v) is 13.3. The number of anilines is 2. The molecule has 0 saturated heterocycles. The number of nitrogens with two attached hydrogens (primary N) is 1. The minimum Gasteiger partial charge on any atom is -0.368 e. The Morgan fingerprint density at radius 3 is 2.86 bits per heavy atom. The molecule has 0 saturated carbocycles. The number of nitrogen functional groups attached to an aromatic ring is 1. The van der Waals surface area contributed by atoms with Gasteiger partial charge in [-0.05, 0) is 42.4 Å². The second-order valence-corrected chi connectivity index (χ2v) is 5.81. The predicted octanol–water partition coefficient (Wildman–Crippen LogP) is 3.07. The first-order valence-corrected chi connectivity index (χ1v) is 8.08. The van der Waals surface area contributed by atoms with Crippen LogP contribution in [0, 0.1) is 0 Å².